The fraction of sp³-hybridized carbons (Fsp3) is 0.273. The Hall–Kier alpha value is -2.08. The lowest BCUT2D eigenvalue weighted by Gasteiger charge is -2.09. The number of carbonyl (C=O) groups excluding carboxylic acids is 1. The van der Waals surface area contributed by atoms with Gasteiger partial charge in [-0.1, -0.05) is 0 Å². The topological polar surface area (TPSA) is 102 Å². The third-order valence-corrected chi connectivity index (χ3v) is 2.15. The van der Waals surface area contributed by atoms with Crippen LogP contribution in [0, 0.1) is 0 Å². The van der Waals surface area contributed by atoms with Crippen molar-refractivity contribution >= 4 is 17.6 Å². The molecule has 0 saturated heterocycles. The number of esters is 1. The van der Waals surface area contributed by atoms with E-state index < -0.39 is 18.0 Å². The van der Waals surface area contributed by atoms with Gasteiger partial charge in [-0.3, -0.25) is 4.79 Å². The Kier molecular flexibility index (Phi) is 4.47. The van der Waals surface area contributed by atoms with E-state index in [1.807, 2.05) is 0 Å². The van der Waals surface area contributed by atoms with Crippen LogP contribution in [-0.4, -0.2) is 36.7 Å². The number of benzene rings is 1. The van der Waals surface area contributed by atoms with E-state index in [-0.39, 0.29) is 6.54 Å². The summed E-state index contributed by atoms with van der Waals surface area (Å²) >= 11 is 0. The highest BCUT2D eigenvalue weighted by molar-refractivity contribution is 5.89. The zero-order valence-corrected chi connectivity index (χ0v) is 9.34. The summed E-state index contributed by atoms with van der Waals surface area (Å²) in [5, 5.41) is 11.4. The molecule has 1 atom stereocenters. The largest absolute Gasteiger partial charge is 0.480 e. The van der Waals surface area contributed by atoms with Crippen LogP contribution in [0.1, 0.15) is 10.4 Å². The molecule has 0 spiro atoms. The first-order chi connectivity index (χ1) is 8.04. The summed E-state index contributed by atoms with van der Waals surface area (Å²) in [5.41, 5.74) is 6.45. The molecule has 17 heavy (non-hydrogen) atoms. The number of hydrogen-bond donors (Lipinski definition) is 3. The molecule has 0 fully saturated rings. The molecule has 0 amide bonds. The number of ether oxygens (including phenoxy) is 1. The molecule has 6 nitrogen and oxygen atoms in total. The maximum absolute atomic E-state index is 11.1. The summed E-state index contributed by atoms with van der Waals surface area (Å²) in [5.74, 6) is -1.48. The van der Waals surface area contributed by atoms with Gasteiger partial charge in [0.05, 0.1) is 12.7 Å². The van der Waals surface area contributed by atoms with Crippen molar-refractivity contribution in [3.63, 3.8) is 0 Å². The molecule has 1 aromatic carbocycles. The molecule has 0 radical (unpaired) electrons. The molecule has 0 bridgehead atoms. The molecule has 92 valence electrons. The van der Waals surface area contributed by atoms with Gasteiger partial charge >= 0.3 is 11.9 Å². The molecule has 0 aromatic heterocycles. The number of anilines is 1. The van der Waals surface area contributed by atoms with Crippen molar-refractivity contribution in [3.8, 4) is 0 Å². The average molecular weight is 238 g/mol. The highest BCUT2D eigenvalue weighted by atomic mass is 16.5. The van der Waals surface area contributed by atoms with Crippen molar-refractivity contribution in [1.29, 1.82) is 0 Å². The Morgan fingerprint density at radius 1 is 1.41 bits per heavy atom. The number of hydrogen-bond acceptors (Lipinski definition) is 5. The van der Waals surface area contributed by atoms with Crippen LogP contribution in [0.15, 0.2) is 24.3 Å². The van der Waals surface area contributed by atoms with Gasteiger partial charge in [0.1, 0.15) is 6.04 Å². The van der Waals surface area contributed by atoms with E-state index in [0.29, 0.717) is 11.3 Å². The van der Waals surface area contributed by atoms with Crippen LogP contribution in [0.5, 0.6) is 0 Å². The zero-order chi connectivity index (χ0) is 12.8. The minimum Gasteiger partial charge on any atom is -0.480 e. The van der Waals surface area contributed by atoms with Crippen LogP contribution in [-0.2, 0) is 9.53 Å². The fourth-order valence-corrected chi connectivity index (χ4v) is 1.16. The third kappa shape index (κ3) is 3.76. The lowest BCUT2D eigenvalue weighted by molar-refractivity contribution is -0.138. The van der Waals surface area contributed by atoms with Crippen molar-refractivity contribution in [2.24, 2.45) is 5.73 Å². The summed E-state index contributed by atoms with van der Waals surface area (Å²) < 4.78 is 4.55. The van der Waals surface area contributed by atoms with Crippen molar-refractivity contribution in [2.75, 3.05) is 19.0 Å². The molecular formula is C11H14N2O4. The van der Waals surface area contributed by atoms with Crippen molar-refractivity contribution in [1.82, 2.24) is 0 Å². The molecule has 1 rings (SSSR count). The molecule has 0 heterocycles. The van der Waals surface area contributed by atoms with E-state index in [4.69, 9.17) is 10.8 Å². The maximum atomic E-state index is 11.1. The smallest absolute Gasteiger partial charge is 0.337 e. The number of carboxylic acid groups (broad SMARTS) is 1. The maximum Gasteiger partial charge on any atom is 0.337 e. The highest BCUT2D eigenvalue weighted by Crippen LogP contribution is 2.10. The van der Waals surface area contributed by atoms with Gasteiger partial charge < -0.3 is 20.9 Å². The van der Waals surface area contributed by atoms with Crippen LogP contribution in [0.25, 0.3) is 0 Å². The SMILES string of the molecule is COC(=O)c1ccc(NCC(N)C(=O)O)cc1. The number of nitrogens with one attached hydrogen (secondary N) is 1. The van der Waals surface area contributed by atoms with Gasteiger partial charge in [0.25, 0.3) is 0 Å². The lowest BCUT2D eigenvalue weighted by Crippen LogP contribution is -2.36. The number of methoxy groups -OCH3 is 1. The molecule has 0 aliphatic rings. The van der Waals surface area contributed by atoms with E-state index in [1.54, 1.807) is 24.3 Å². The Balaban J connectivity index is 2.57. The van der Waals surface area contributed by atoms with Crippen LogP contribution in [0.3, 0.4) is 0 Å². The van der Waals surface area contributed by atoms with E-state index in [9.17, 15) is 9.59 Å². The van der Waals surface area contributed by atoms with Gasteiger partial charge in [0.15, 0.2) is 0 Å². The number of nitrogens with two attached hydrogens (primary N) is 1. The number of aliphatic carboxylic acids is 1. The molecule has 0 aliphatic carbocycles. The summed E-state index contributed by atoms with van der Waals surface area (Å²) in [4.78, 5) is 21.6. The minimum atomic E-state index is -1.07. The normalized spacial score (nSPS) is 11.6. The first-order valence-electron chi connectivity index (χ1n) is 4.95. The molecule has 6 heteroatoms. The van der Waals surface area contributed by atoms with Gasteiger partial charge in [0.2, 0.25) is 0 Å². The lowest BCUT2D eigenvalue weighted by atomic mass is 10.2. The first kappa shape index (κ1) is 13.0. The molecule has 0 saturated carbocycles. The van der Waals surface area contributed by atoms with Gasteiger partial charge in [0, 0.05) is 12.2 Å². The Labute approximate surface area is 98.4 Å². The highest BCUT2D eigenvalue weighted by Gasteiger charge is 2.10. The second-order valence-electron chi connectivity index (χ2n) is 3.39. The Morgan fingerprint density at radius 3 is 2.47 bits per heavy atom. The predicted molar refractivity (Wildman–Crippen MR) is 61.9 cm³/mol. The molecule has 1 aromatic rings. The molecule has 4 N–H and O–H groups in total. The van der Waals surface area contributed by atoms with Crippen LogP contribution in [0.4, 0.5) is 5.69 Å². The summed E-state index contributed by atoms with van der Waals surface area (Å²) in [6.07, 6.45) is 0. The van der Waals surface area contributed by atoms with E-state index in [0.717, 1.165) is 0 Å². The number of carbonyl (C=O) groups is 2. The second-order valence-corrected chi connectivity index (χ2v) is 3.39. The average Bonchev–Trinajstić information content (AvgIpc) is 2.35. The second kappa shape index (κ2) is 5.86. The first-order valence-corrected chi connectivity index (χ1v) is 4.95. The summed E-state index contributed by atoms with van der Waals surface area (Å²) in [6, 6.07) is 5.51. The molecular weight excluding hydrogens is 224 g/mol. The summed E-state index contributed by atoms with van der Waals surface area (Å²) in [6.45, 7) is 0.118. The van der Waals surface area contributed by atoms with Gasteiger partial charge in [-0.25, -0.2) is 4.79 Å². The standard InChI is InChI=1S/C11H14N2O4/c1-17-11(16)7-2-4-8(5-3-7)13-6-9(12)10(14)15/h2-5,9,13H,6,12H2,1H3,(H,14,15). The minimum absolute atomic E-state index is 0.118. The zero-order valence-electron chi connectivity index (χ0n) is 9.34. The van der Waals surface area contributed by atoms with Gasteiger partial charge in [-0.05, 0) is 24.3 Å². The molecule has 0 aliphatic heterocycles. The summed E-state index contributed by atoms with van der Waals surface area (Å²) in [7, 11) is 1.31. The third-order valence-electron chi connectivity index (χ3n) is 2.15. The monoisotopic (exact) mass is 238 g/mol. The predicted octanol–water partition coefficient (Wildman–Crippen LogP) is 0.297. The van der Waals surface area contributed by atoms with Crippen LogP contribution in [0.2, 0.25) is 0 Å². The van der Waals surface area contributed by atoms with Gasteiger partial charge in [-0.15, -0.1) is 0 Å². The van der Waals surface area contributed by atoms with Gasteiger partial charge in [-0.2, -0.15) is 0 Å². The molecule has 1 unspecified atom stereocenters. The van der Waals surface area contributed by atoms with Crippen LogP contribution >= 0.6 is 0 Å². The van der Waals surface area contributed by atoms with Crippen LogP contribution < -0.4 is 11.1 Å². The number of rotatable bonds is 5. The van der Waals surface area contributed by atoms with E-state index in [1.165, 1.54) is 7.11 Å². The quantitative estimate of drug-likeness (QED) is 0.637. The van der Waals surface area contributed by atoms with Crippen molar-refractivity contribution in [2.45, 2.75) is 6.04 Å². The van der Waals surface area contributed by atoms with E-state index >= 15 is 0 Å². The fourth-order valence-electron chi connectivity index (χ4n) is 1.16. The Bertz CT molecular complexity index is 402. The van der Waals surface area contributed by atoms with Crippen molar-refractivity contribution in [3.05, 3.63) is 29.8 Å². The number of carboxylic acids is 1. The van der Waals surface area contributed by atoms with Crippen molar-refractivity contribution < 1.29 is 19.4 Å². The Morgan fingerprint density at radius 2 is 2.00 bits per heavy atom. The van der Waals surface area contributed by atoms with E-state index in [2.05, 4.69) is 10.1 Å².